The van der Waals surface area contributed by atoms with Crippen LogP contribution in [0.2, 0.25) is 0 Å². The number of carbonyl (C=O) groups excluding carboxylic acids is 1. The van der Waals surface area contributed by atoms with E-state index in [9.17, 15) is 4.79 Å². The van der Waals surface area contributed by atoms with Crippen LogP contribution in [0.25, 0.3) is 0 Å². The standard InChI is InChI=1S/C14H19N3O.C5H10.C2H6S/c1-4-10-17(6-3)12(5-2)11-16-14(18)13-8-7-9-15-13;1-3-5-4-2;1-2-3/h2,4,6,10-11,13,15H,3,7-9H2,1H3,(H,16,18);3,5H,4H2,1-2H3;3H,2H2,1H3/b10-4-,12-11-;5-3-;. The summed E-state index contributed by atoms with van der Waals surface area (Å²) in [5, 5.41) is 5.85. The minimum atomic E-state index is -0.112. The second-order valence-electron chi connectivity index (χ2n) is 5.20. The van der Waals surface area contributed by atoms with Crippen molar-refractivity contribution in [1.82, 2.24) is 15.5 Å². The fraction of sp³-hybridized carbons (Fsp3) is 0.476. The third-order valence-corrected chi connectivity index (χ3v) is 3.13. The first-order valence-corrected chi connectivity index (χ1v) is 9.65. The van der Waals surface area contributed by atoms with Gasteiger partial charge in [0.25, 0.3) is 0 Å². The third kappa shape index (κ3) is 13.4. The van der Waals surface area contributed by atoms with Gasteiger partial charge in [0.1, 0.15) is 5.70 Å². The molecule has 0 radical (unpaired) electrons. The van der Waals surface area contributed by atoms with Gasteiger partial charge in [-0.3, -0.25) is 4.79 Å². The number of rotatable bonds is 6. The molecule has 0 aromatic carbocycles. The minimum absolute atomic E-state index is 0.0512. The summed E-state index contributed by atoms with van der Waals surface area (Å²) in [5.74, 6) is 3.41. The van der Waals surface area contributed by atoms with Gasteiger partial charge in [-0.05, 0) is 45.4 Å². The van der Waals surface area contributed by atoms with Crippen LogP contribution in [0.3, 0.4) is 0 Å². The Morgan fingerprint density at radius 2 is 2.08 bits per heavy atom. The van der Waals surface area contributed by atoms with Gasteiger partial charge in [-0.2, -0.15) is 12.6 Å². The normalized spacial score (nSPS) is 16.2. The Morgan fingerprint density at radius 3 is 2.42 bits per heavy atom. The van der Waals surface area contributed by atoms with Crippen LogP contribution in [0.4, 0.5) is 0 Å². The number of hydrogen-bond acceptors (Lipinski definition) is 4. The number of carbonyl (C=O) groups is 1. The van der Waals surface area contributed by atoms with Crippen molar-refractivity contribution in [3.8, 4) is 12.3 Å². The maximum Gasteiger partial charge on any atom is 0.241 e. The molecule has 1 atom stereocenters. The minimum Gasteiger partial charge on any atom is -0.329 e. The molecule has 146 valence electrons. The molecule has 1 aliphatic heterocycles. The van der Waals surface area contributed by atoms with E-state index in [2.05, 4.69) is 54.8 Å². The van der Waals surface area contributed by atoms with Gasteiger partial charge in [0.05, 0.1) is 6.04 Å². The van der Waals surface area contributed by atoms with Crippen molar-refractivity contribution in [1.29, 1.82) is 0 Å². The van der Waals surface area contributed by atoms with Gasteiger partial charge in [0.2, 0.25) is 5.91 Å². The lowest BCUT2D eigenvalue weighted by Crippen LogP contribution is -2.38. The first kappa shape index (κ1) is 26.3. The molecule has 1 heterocycles. The summed E-state index contributed by atoms with van der Waals surface area (Å²) in [6.07, 6.45) is 19.4. The zero-order chi connectivity index (χ0) is 20.2. The number of nitrogens with one attached hydrogen (secondary N) is 2. The molecule has 1 aliphatic rings. The lowest BCUT2D eigenvalue weighted by molar-refractivity contribution is -0.121. The quantitative estimate of drug-likeness (QED) is 0.369. The van der Waals surface area contributed by atoms with E-state index < -0.39 is 0 Å². The molecule has 1 rings (SSSR count). The van der Waals surface area contributed by atoms with E-state index in [1.807, 2.05) is 26.8 Å². The predicted molar refractivity (Wildman–Crippen MR) is 118 cm³/mol. The van der Waals surface area contributed by atoms with Crippen LogP contribution in [-0.4, -0.2) is 29.1 Å². The summed E-state index contributed by atoms with van der Waals surface area (Å²) in [4.78, 5) is 13.5. The molecule has 2 N–H and O–H groups in total. The first-order valence-electron chi connectivity index (χ1n) is 9.02. The zero-order valence-corrected chi connectivity index (χ0v) is 17.6. The van der Waals surface area contributed by atoms with Crippen LogP contribution < -0.4 is 10.6 Å². The van der Waals surface area contributed by atoms with Gasteiger partial charge in [-0.25, -0.2) is 0 Å². The third-order valence-electron chi connectivity index (χ3n) is 3.13. The van der Waals surface area contributed by atoms with Gasteiger partial charge in [0, 0.05) is 18.6 Å². The molecule has 26 heavy (non-hydrogen) atoms. The molecule has 5 heteroatoms. The van der Waals surface area contributed by atoms with Crippen molar-refractivity contribution in [2.45, 2.75) is 53.0 Å². The van der Waals surface area contributed by atoms with E-state index in [1.165, 1.54) is 6.20 Å². The van der Waals surface area contributed by atoms with Crippen molar-refractivity contribution in [3.05, 3.63) is 49.1 Å². The molecule has 1 saturated heterocycles. The zero-order valence-electron chi connectivity index (χ0n) is 16.7. The number of hydrogen-bond donors (Lipinski definition) is 3. The largest absolute Gasteiger partial charge is 0.329 e. The Hall–Kier alpha value is -1.90. The summed E-state index contributed by atoms with van der Waals surface area (Å²) in [5.41, 5.74) is 0.537. The van der Waals surface area contributed by atoms with E-state index in [1.54, 1.807) is 17.3 Å². The summed E-state index contributed by atoms with van der Waals surface area (Å²) in [7, 11) is 0. The fourth-order valence-corrected chi connectivity index (χ4v) is 1.97. The van der Waals surface area contributed by atoms with Crippen LogP contribution in [-0.2, 0) is 4.79 Å². The Labute approximate surface area is 165 Å². The van der Waals surface area contributed by atoms with Crippen molar-refractivity contribution in [2.75, 3.05) is 12.3 Å². The predicted octanol–water partition coefficient (Wildman–Crippen LogP) is 4.22. The maximum absolute atomic E-state index is 11.8. The highest BCUT2D eigenvalue weighted by Gasteiger charge is 2.21. The molecular formula is C21H35N3OS. The van der Waals surface area contributed by atoms with Crippen LogP contribution in [0.5, 0.6) is 0 Å². The monoisotopic (exact) mass is 377 g/mol. The summed E-state index contributed by atoms with van der Waals surface area (Å²) < 4.78 is 0. The highest BCUT2D eigenvalue weighted by molar-refractivity contribution is 7.80. The molecule has 0 aromatic heterocycles. The van der Waals surface area contributed by atoms with E-state index in [0.717, 1.165) is 31.6 Å². The number of terminal acetylenes is 1. The highest BCUT2D eigenvalue weighted by Crippen LogP contribution is 2.06. The number of thiol groups is 1. The lowest BCUT2D eigenvalue weighted by Gasteiger charge is -2.15. The van der Waals surface area contributed by atoms with Gasteiger partial charge in [0.15, 0.2) is 0 Å². The topological polar surface area (TPSA) is 44.4 Å². The lowest BCUT2D eigenvalue weighted by atomic mass is 10.2. The molecule has 0 saturated carbocycles. The maximum atomic E-state index is 11.8. The highest BCUT2D eigenvalue weighted by atomic mass is 32.1. The van der Waals surface area contributed by atoms with Gasteiger partial charge in [-0.1, -0.05) is 44.6 Å². The van der Waals surface area contributed by atoms with Crippen LogP contribution in [0, 0.1) is 12.3 Å². The molecule has 0 aromatic rings. The second-order valence-corrected chi connectivity index (χ2v) is 5.83. The molecule has 1 unspecified atom stereocenters. The molecular weight excluding hydrogens is 342 g/mol. The van der Waals surface area contributed by atoms with Crippen molar-refractivity contribution >= 4 is 18.5 Å². The molecule has 1 fully saturated rings. The molecule has 0 spiro atoms. The first-order chi connectivity index (χ1) is 12.6. The second kappa shape index (κ2) is 19.4. The molecule has 0 aliphatic carbocycles. The summed E-state index contributed by atoms with van der Waals surface area (Å²) in [6.45, 7) is 12.6. The van der Waals surface area contributed by atoms with E-state index in [0.29, 0.717) is 5.70 Å². The van der Waals surface area contributed by atoms with Crippen LogP contribution >= 0.6 is 12.6 Å². The summed E-state index contributed by atoms with van der Waals surface area (Å²) in [6, 6.07) is -0.112. The van der Waals surface area contributed by atoms with Gasteiger partial charge >= 0.3 is 0 Å². The Bertz CT molecular complexity index is 498. The number of amides is 1. The average molecular weight is 378 g/mol. The molecule has 1 amide bonds. The van der Waals surface area contributed by atoms with E-state index >= 15 is 0 Å². The van der Waals surface area contributed by atoms with Crippen molar-refractivity contribution in [3.63, 3.8) is 0 Å². The Balaban J connectivity index is 0. The molecule has 4 nitrogen and oxygen atoms in total. The average Bonchev–Trinajstić information content (AvgIpc) is 3.17. The van der Waals surface area contributed by atoms with Crippen LogP contribution in [0.1, 0.15) is 47.0 Å². The van der Waals surface area contributed by atoms with Crippen molar-refractivity contribution in [2.24, 2.45) is 0 Å². The Morgan fingerprint density at radius 1 is 1.42 bits per heavy atom. The van der Waals surface area contributed by atoms with Crippen molar-refractivity contribution < 1.29 is 4.79 Å². The molecule has 0 bridgehead atoms. The number of allylic oxidation sites excluding steroid dienone is 4. The van der Waals surface area contributed by atoms with Gasteiger partial charge in [-0.15, -0.1) is 6.42 Å². The smallest absolute Gasteiger partial charge is 0.241 e. The van der Waals surface area contributed by atoms with Gasteiger partial charge < -0.3 is 15.5 Å². The summed E-state index contributed by atoms with van der Waals surface area (Å²) >= 11 is 3.79. The Kier molecular flexibility index (Phi) is 19.7. The fourth-order valence-electron chi connectivity index (χ4n) is 1.97. The SMILES string of the molecule is C#C/C(=C/NC(=O)C1CCCN1)N(C=C)/C=C\C.C/C=C\CC.CCS. The van der Waals surface area contributed by atoms with Crippen LogP contribution in [0.15, 0.2) is 49.1 Å². The van der Waals surface area contributed by atoms with E-state index in [4.69, 9.17) is 6.42 Å². The van der Waals surface area contributed by atoms with E-state index in [-0.39, 0.29) is 11.9 Å². The number of nitrogens with zero attached hydrogens (tertiary/aromatic N) is 1.